The third-order valence-electron chi connectivity index (χ3n) is 4.09. The maximum Gasteiger partial charge on any atom is 0.261 e. The van der Waals surface area contributed by atoms with Gasteiger partial charge in [-0.05, 0) is 30.7 Å². The molecule has 0 N–H and O–H groups in total. The van der Waals surface area contributed by atoms with Crippen LogP contribution in [0.4, 0.5) is 0 Å². The fourth-order valence-corrected chi connectivity index (χ4v) is 3.05. The van der Waals surface area contributed by atoms with Crippen molar-refractivity contribution in [3.63, 3.8) is 0 Å². The zero-order valence-corrected chi connectivity index (χ0v) is 14.3. The van der Waals surface area contributed by atoms with E-state index in [4.69, 9.17) is 21.1 Å². The molecule has 7 heteroatoms. The Morgan fingerprint density at radius 2 is 2.29 bits per heavy atom. The number of amides is 1. The summed E-state index contributed by atoms with van der Waals surface area (Å²) < 4.78 is 12.8. The van der Waals surface area contributed by atoms with Crippen LogP contribution in [0.2, 0.25) is 5.02 Å². The van der Waals surface area contributed by atoms with E-state index in [1.165, 1.54) is 0 Å². The molecule has 3 rings (SSSR count). The van der Waals surface area contributed by atoms with Gasteiger partial charge in [0.1, 0.15) is 5.75 Å². The predicted molar refractivity (Wildman–Crippen MR) is 90.0 cm³/mol. The van der Waals surface area contributed by atoms with Gasteiger partial charge in [-0.2, -0.15) is 5.10 Å². The second-order valence-corrected chi connectivity index (χ2v) is 6.15. The molecule has 1 amide bonds. The molecule has 1 aromatic heterocycles. The highest BCUT2D eigenvalue weighted by atomic mass is 35.5. The first-order valence-corrected chi connectivity index (χ1v) is 8.22. The van der Waals surface area contributed by atoms with E-state index in [1.807, 2.05) is 15.6 Å². The lowest BCUT2D eigenvalue weighted by Gasteiger charge is -2.29. The average Bonchev–Trinajstić information content (AvgIpc) is 2.95. The number of aromatic nitrogens is 2. The molecule has 1 aliphatic rings. The number of benzene rings is 1. The van der Waals surface area contributed by atoms with E-state index in [-0.39, 0.29) is 18.6 Å². The summed E-state index contributed by atoms with van der Waals surface area (Å²) in [5.41, 5.74) is 1.02. The summed E-state index contributed by atoms with van der Waals surface area (Å²) in [5, 5.41) is 4.88. The van der Waals surface area contributed by atoms with E-state index in [9.17, 15) is 4.79 Å². The van der Waals surface area contributed by atoms with Crippen LogP contribution in [0.3, 0.4) is 0 Å². The second kappa shape index (κ2) is 7.68. The first kappa shape index (κ1) is 16.8. The number of carbonyl (C=O) groups excluding carboxylic acids is 1. The third-order valence-corrected chi connectivity index (χ3v) is 4.32. The van der Waals surface area contributed by atoms with Crippen molar-refractivity contribution in [1.82, 2.24) is 14.7 Å². The minimum absolute atomic E-state index is 0.00663. The Balaban J connectivity index is 1.70. The molecule has 1 atom stereocenters. The van der Waals surface area contributed by atoms with Gasteiger partial charge in [-0.1, -0.05) is 17.7 Å². The summed E-state index contributed by atoms with van der Waals surface area (Å²) in [6.45, 7) is 1.74. The number of aryl methyl sites for hydroxylation is 1. The van der Waals surface area contributed by atoms with E-state index in [0.29, 0.717) is 23.9 Å². The minimum Gasteiger partial charge on any atom is -0.484 e. The summed E-state index contributed by atoms with van der Waals surface area (Å²) in [6, 6.07) is 8.98. The molecule has 0 saturated heterocycles. The van der Waals surface area contributed by atoms with Gasteiger partial charge in [0, 0.05) is 24.9 Å². The lowest BCUT2D eigenvalue weighted by Crippen LogP contribution is -2.44. The Bertz CT molecular complexity index is 704. The molecule has 1 aromatic carbocycles. The molecule has 1 unspecified atom stereocenters. The summed E-state index contributed by atoms with van der Waals surface area (Å²) >= 11 is 5.94. The largest absolute Gasteiger partial charge is 0.484 e. The molecular weight excluding hydrogens is 330 g/mol. The van der Waals surface area contributed by atoms with Crippen LogP contribution in [0.5, 0.6) is 5.75 Å². The first-order chi connectivity index (χ1) is 11.7. The van der Waals surface area contributed by atoms with Crippen LogP contribution in [0.25, 0.3) is 0 Å². The predicted octanol–water partition coefficient (Wildman–Crippen LogP) is 2.36. The molecule has 0 spiro atoms. The lowest BCUT2D eigenvalue weighted by atomic mass is 10.2. The highest BCUT2D eigenvalue weighted by molar-refractivity contribution is 6.30. The standard InChI is InChI=1S/C17H20ClN3O3/c1-23-11-15-6-8-21-14(5-7-19-21)10-20(15)17(22)12-24-16-4-2-3-13(18)9-16/h2-5,7,9,15H,6,8,10-12H2,1H3. The van der Waals surface area contributed by atoms with Gasteiger partial charge in [0.25, 0.3) is 5.91 Å². The Morgan fingerprint density at radius 3 is 3.08 bits per heavy atom. The van der Waals surface area contributed by atoms with Gasteiger partial charge < -0.3 is 14.4 Å². The van der Waals surface area contributed by atoms with Crippen molar-refractivity contribution < 1.29 is 14.3 Å². The van der Waals surface area contributed by atoms with Gasteiger partial charge >= 0.3 is 0 Å². The second-order valence-electron chi connectivity index (χ2n) is 5.71. The third kappa shape index (κ3) is 3.88. The molecule has 0 fully saturated rings. The number of methoxy groups -OCH3 is 1. The Hall–Kier alpha value is -2.05. The molecular formula is C17H20ClN3O3. The summed E-state index contributed by atoms with van der Waals surface area (Å²) in [5.74, 6) is 0.505. The highest BCUT2D eigenvalue weighted by Crippen LogP contribution is 2.20. The first-order valence-electron chi connectivity index (χ1n) is 7.85. The van der Waals surface area contributed by atoms with Crippen LogP contribution in [-0.4, -0.2) is 47.0 Å². The normalized spacial score (nSPS) is 17.2. The van der Waals surface area contributed by atoms with Crippen LogP contribution >= 0.6 is 11.6 Å². The molecule has 0 radical (unpaired) electrons. The number of halogens is 1. The quantitative estimate of drug-likeness (QED) is 0.831. The SMILES string of the molecule is COCC1CCn2nccc2CN1C(=O)COc1cccc(Cl)c1. The maximum atomic E-state index is 12.7. The molecule has 6 nitrogen and oxygen atoms in total. The summed E-state index contributed by atoms with van der Waals surface area (Å²) in [4.78, 5) is 14.5. The molecule has 2 heterocycles. The zero-order valence-electron chi connectivity index (χ0n) is 13.5. The van der Waals surface area contributed by atoms with Crippen molar-refractivity contribution in [1.29, 1.82) is 0 Å². The molecule has 24 heavy (non-hydrogen) atoms. The van der Waals surface area contributed by atoms with E-state index >= 15 is 0 Å². The van der Waals surface area contributed by atoms with Crippen molar-refractivity contribution in [2.75, 3.05) is 20.3 Å². The van der Waals surface area contributed by atoms with Crippen LogP contribution < -0.4 is 4.74 Å². The van der Waals surface area contributed by atoms with Gasteiger partial charge in [-0.15, -0.1) is 0 Å². The average molecular weight is 350 g/mol. The van der Waals surface area contributed by atoms with E-state index < -0.39 is 0 Å². The number of fused-ring (bicyclic) bond motifs is 1. The monoisotopic (exact) mass is 349 g/mol. The van der Waals surface area contributed by atoms with E-state index in [2.05, 4.69) is 5.10 Å². The number of ether oxygens (including phenoxy) is 2. The lowest BCUT2D eigenvalue weighted by molar-refractivity contribution is -0.137. The van der Waals surface area contributed by atoms with Crippen molar-refractivity contribution in [3.05, 3.63) is 47.2 Å². The summed E-state index contributed by atoms with van der Waals surface area (Å²) in [7, 11) is 1.65. The van der Waals surface area contributed by atoms with Gasteiger partial charge in [0.2, 0.25) is 0 Å². The Morgan fingerprint density at radius 1 is 1.42 bits per heavy atom. The molecule has 128 valence electrons. The van der Waals surface area contributed by atoms with Crippen LogP contribution in [0, 0.1) is 0 Å². The fourth-order valence-electron chi connectivity index (χ4n) is 2.87. The zero-order chi connectivity index (χ0) is 16.9. The van der Waals surface area contributed by atoms with Crippen molar-refractivity contribution >= 4 is 17.5 Å². The Labute approximate surface area is 145 Å². The van der Waals surface area contributed by atoms with E-state index in [1.54, 1.807) is 37.6 Å². The van der Waals surface area contributed by atoms with Crippen molar-refractivity contribution in [2.24, 2.45) is 0 Å². The van der Waals surface area contributed by atoms with Crippen LogP contribution in [0.1, 0.15) is 12.1 Å². The minimum atomic E-state index is -0.0772. The maximum absolute atomic E-state index is 12.7. The van der Waals surface area contributed by atoms with Gasteiger partial charge in [0.05, 0.1) is 24.9 Å². The Kier molecular flexibility index (Phi) is 5.37. The van der Waals surface area contributed by atoms with Gasteiger partial charge in [0.15, 0.2) is 6.61 Å². The topological polar surface area (TPSA) is 56.6 Å². The molecule has 2 aromatic rings. The number of rotatable bonds is 5. The number of hydrogen-bond donors (Lipinski definition) is 0. The number of carbonyl (C=O) groups is 1. The van der Waals surface area contributed by atoms with Gasteiger partial charge in [-0.25, -0.2) is 0 Å². The van der Waals surface area contributed by atoms with Crippen LogP contribution in [-0.2, 0) is 22.6 Å². The molecule has 0 aliphatic carbocycles. The van der Waals surface area contributed by atoms with Gasteiger partial charge in [-0.3, -0.25) is 9.48 Å². The van der Waals surface area contributed by atoms with Crippen molar-refractivity contribution in [3.8, 4) is 5.75 Å². The number of nitrogens with zero attached hydrogens (tertiary/aromatic N) is 3. The summed E-state index contributed by atoms with van der Waals surface area (Å²) in [6.07, 6.45) is 2.56. The smallest absolute Gasteiger partial charge is 0.261 e. The van der Waals surface area contributed by atoms with E-state index in [0.717, 1.165) is 18.7 Å². The van der Waals surface area contributed by atoms with Crippen molar-refractivity contribution in [2.45, 2.75) is 25.6 Å². The number of hydrogen-bond acceptors (Lipinski definition) is 4. The molecule has 1 aliphatic heterocycles. The fraction of sp³-hybridized carbons (Fsp3) is 0.412. The molecule has 0 saturated carbocycles. The highest BCUT2D eigenvalue weighted by Gasteiger charge is 2.28. The molecule has 0 bridgehead atoms. The van der Waals surface area contributed by atoms with Crippen LogP contribution in [0.15, 0.2) is 36.5 Å².